The van der Waals surface area contributed by atoms with Crippen molar-refractivity contribution in [1.29, 1.82) is 0 Å². The van der Waals surface area contributed by atoms with Crippen molar-refractivity contribution < 1.29 is 14.1 Å². The molecule has 1 aromatic heterocycles. The van der Waals surface area contributed by atoms with E-state index in [0.29, 0.717) is 12.5 Å². The van der Waals surface area contributed by atoms with Gasteiger partial charge in [-0.25, -0.2) is 0 Å². The molecule has 196 valence electrons. The maximum absolute atomic E-state index is 12.8. The molecule has 0 aliphatic carbocycles. The molecule has 2 saturated heterocycles. The van der Waals surface area contributed by atoms with Crippen molar-refractivity contribution in [2.24, 2.45) is 0 Å². The zero-order valence-electron chi connectivity index (χ0n) is 22.2. The number of rotatable bonds is 10. The first kappa shape index (κ1) is 25.7. The third kappa shape index (κ3) is 6.88. The Morgan fingerprint density at radius 1 is 1.05 bits per heavy atom. The molecular weight excluding hydrogens is 462 g/mol. The molecule has 6 heteroatoms. The summed E-state index contributed by atoms with van der Waals surface area (Å²) in [5, 5.41) is 4.29. The van der Waals surface area contributed by atoms with Crippen molar-refractivity contribution in [3.63, 3.8) is 0 Å². The van der Waals surface area contributed by atoms with Crippen LogP contribution >= 0.6 is 0 Å². The largest absolute Gasteiger partial charge is 0.490 e. The summed E-state index contributed by atoms with van der Waals surface area (Å²) >= 11 is 0. The average molecular weight is 502 g/mol. The van der Waals surface area contributed by atoms with Crippen LogP contribution in [0.25, 0.3) is 11.3 Å². The highest BCUT2D eigenvalue weighted by atomic mass is 16.5. The molecule has 5 rings (SSSR count). The molecule has 3 aromatic rings. The van der Waals surface area contributed by atoms with Crippen LogP contribution in [-0.4, -0.2) is 59.6 Å². The molecule has 2 aliphatic rings. The van der Waals surface area contributed by atoms with Crippen LogP contribution in [0.3, 0.4) is 0 Å². The monoisotopic (exact) mass is 501 g/mol. The lowest BCUT2D eigenvalue weighted by Gasteiger charge is -2.31. The summed E-state index contributed by atoms with van der Waals surface area (Å²) in [6.07, 6.45) is 7.29. The van der Waals surface area contributed by atoms with Gasteiger partial charge in [0.2, 0.25) is 0 Å². The van der Waals surface area contributed by atoms with E-state index in [0.717, 1.165) is 73.6 Å². The number of aromatic nitrogens is 1. The van der Waals surface area contributed by atoms with E-state index in [1.54, 1.807) is 0 Å². The molecule has 0 N–H and O–H groups in total. The number of ketones is 1. The van der Waals surface area contributed by atoms with Gasteiger partial charge in [-0.2, -0.15) is 0 Å². The number of likely N-dealkylation sites (tertiary alicyclic amines) is 2. The Bertz CT molecular complexity index is 1160. The van der Waals surface area contributed by atoms with Gasteiger partial charge >= 0.3 is 0 Å². The van der Waals surface area contributed by atoms with Gasteiger partial charge in [-0.3, -0.25) is 9.69 Å². The molecule has 0 saturated carbocycles. The maximum atomic E-state index is 12.8. The van der Waals surface area contributed by atoms with Crippen LogP contribution in [0.15, 0.2) is 59.1 Å². The summed E-state index contributed by atoms with van der Waals surface area (Å²) in [6, 6.07) is 18.8. The molecule has 2 fully saturated rings. The number of aryl methyl sites for hydroxylation is 1. The standard InChI is InChI=1S/C31H39N3O3/c1-23-11-13-24(14-12-23)31-21-26(32-37-31)22-34-18-15-28(16-19-34)36-29-9-3-6-25(20-29)30(35)10-4-7-27-8-5-17-33(27)2/h3,6,9,11-14,20-21,27-28H,4-5,7-8,10,15-19,22H2,1-2H3. The van der Waals surface area contributed by atoms with Gasteiger partial charge < -0.3 is 14.2 Å². The van der Waals surface area contributed by atoms with Crippen LogP contribution in [0.4, 0.5) is 0 Å². The summed E-state index contributed by atoms with van der Waals surface area (Å²) in [4.78, 5) is 17.6. The van der Waals surface area contributed by atoms with E-state index in [1.807, 2.05) is 30.3 Å². The molecule has 2 aliphatic heterocycles. The number of carbonyl (C=O) groups is 1. The highest BCUT2D eigenvalue weighted by Gasteiger charge is 2.23. The minimum atomic E-state index is 0.167. The number of Topliss-reactive ketones (excluding diaryl/α,β-unsaturated/α-hetero) is 1. The van der Waals surface area contributed by atoms with Crippen LogP contribution in [0.2, 0.25) is 0 Å². The number of nitrogens with zero attached hydrogens (tertiary/aromatic N) is 3. The predicted octanol–water partition coefficient (Wildman–Crippen LogP) is 6.14. The van der Waals surface area contributed by atoms with Crippen molar-refractivity contribution in [3.05, 3.63) is 71.4 Å². The van der Waals surface area contributed by atoms with E-state index >= 15 is 0 Å². The van der Waals surface area contributed by atoms with Crippen molar-refractivity contribution in [2.45, 2.75) is 70.6 Å². The molecule has 0 radical (unpaired) electrons. The molecule has 1 unspecified atom stereocenters. The van der Waals surface area contributed by atoms with Crippen LogP contribution in [0.5, 0.6) is 5.75 Å². The fraction of sp³-hybridized carbons (Fsp3) is 0.484. The van der Waals surface area contributed by atoms with E-state index in [2.05, 4.69) is 53.2 Å². The van der Waals surface area contributed by atoms with Gasteiger partial charge in [0, 0.05) is 49.3 Å². The summed E-state index contributed by atoms with van der Waals surface area (Å²) < 4.78 is 11.9. The lowest BCUT2D eigenvalue weighted by Crippen LogP contribution is -2.37. The SMILES string of the molecule is Cc1ccc(-c2cc(CN3CCC(Oc4cccc(C(=O)CCCC5CCCN5C)c4)CC3)no2)cc1. The second-order valence-corrected chi connectivity index (χ2v) is 10.8. The first-order chi connectivity index (χ1) is 18.0. The smallest absolute Gasteiger partial charge is 0.167 e. The third-order valence-corrected chi connectivity index (χ3v) is 7.89. The molecule has 6 nitrogen and oxygen atoms in total. The predicted molar refractivity (Wildman–Crippen MR) is 146 cm³/mol. The molecular formula is C31H39N3O3. The molecule has 3 heterocycles. The fourth-order valence-electron chi connectivity index (χ4n) is 5.58. The zero-order valence-corrected chi connectivity index (χ0v) is 22.2. The molecule has 37 heavy (non-hydrogen) atoms. The fourth-order valence-corrected chi connectivity index (χ4v) is 5.58. The Labute approximate surface area is 220 Å². The lowest BCUT2D eigenvalue weighted by atomic mass is 10.0. The van der Waals surface area contributed by atoms with Gasteiger partial charge in [-0.1, -0.05) is 47.1 Å². The number of hydrogen-bond acceptors (Lipinski definition) is 6. The van der Waals surface area contributed by atoms with E-state index in [9.17, 15) is 4.79 Å². The van der Waals surface area contributed by atoms with Crippen LogP contribution in [0, 0.1) is 6.92 Å². The Kier molecular flexibility index (Phi) is 8.37. The second kappa shape index (κ2) is 12.1. The van der Waals surface area contributed by atoms with E-state index in [1.165, 1.54) is 24.9 Å². The van der Waals surface area contributed by atoms with E-state index < -0.39 is 0 Å². The number of benzene rings is 2. The van der Waals surface area contributed by atoms with Crippen molar-refractivity contribution in [1.82, 2.24) is 15.0 Å². The van der Waals surface area contributed by atoms with Crippen LogP contribution < -0.4 is 4.74 Å². The molecule has 2 aromatic carbocycles. The highest BCUT2D eigenvalue weighted by Crippen LogP contribution is 2.25. The van der Waals surface area contributed by atoms with Gasteiger partial charge in [0.1, 0.15) is 11.9 Å². The Hall–Kier alpha value is -2.96. The van der Waals surface area contributed by atoms with E-state index in [-0.39, 0.29) is 11.9 Å². The quantitative estimate of drug-likeness (QED) is 0.311. The van der Waals surface area contributed by atoms with Crippen molar-refractivity contribution >= 4 is 5.78 Å². The van der Waals surface area contributed by atoms with Gasteiger partial charge in [-0.15, -0.1) is 0 Å². The highest BCUT2D eigenvalue weighted by molar-refractivity contribution is 5.96. The normalized spacial score (nSPS) is 19.4. The molecule has 0 amide bonds. The van der Waals surface area contributed by atoms with Gasteiger partial charge in [0.05, 0.1) is 5.69 Å². The number of piperidine rings is 1. The third-order valence-electron chi connectivity index (χ3n) is 7.89. The average Bonchev–Trinajstić information content (AvgIpc) is 3.55. The topological polar surface area (TPSA) is 58.8 Å². The molecule has 0 bridgehead atoms. The first-order valence-corrected chi connectivity index (χ1v) is 13.8. The van der Waals surface area contributed by atoms with Crippen molar-refractivity contribution in [3.8, 4) is 17.1 Å². The summed E-state index contributed by atoms with van der Waals surface area (Å²) in [5.41, 5.74) is 4.01. The lowest BCUT2D eigenvalue weighted by molar-refractivity contribution is 0.0941. The summed E-state index contributed by atoms with van der Waals surface area (Å²) in [6.45, 7) is 5.95. The second-order valence-electron chi connectivity index (χ2n) is 10.8. The van der Waals surface area contributed by atoms with Gasteiger partial charge in [0.25, 0.3) is 0 Å². The minimum Gasteiger partial charge on any atom is -0.490 e. The maximum Gasteiger partial charge on any atom is 0.167 e. The number of hydrogen-bond donors (Lipinski definition) is 0. The minimum absolute atomic E-state index is 0.167. The molecule has 0 spiro atoms. The zero-order chi connectivity index (χ0) is 25.6. The first-order valence-electron chi connectivity index (χ1n) is 13.8. The number of carbonyl (C=O) groups excluding carboxylic acids is 1. The van der Waals surface area contributed by atoms with Crippen LogP contribution in [-0.2, 0) is 6.54 Å². The van der Waals surface area contributed by atoms with Crippen molar-refractivity contribution in [2.75, 3.05) is 26.7 Å². The molecule has 1 atom stereocenters. The van der Waals surface area contributed by atoms with Crippen LogP contribution in [0.1, 0.15) is 66.6 Å². The summed E-state index contributed by atoms with van der Waals surface area (Å²) in [5.74, 6) is 1.84. The van der Waals surface area contributed by atoms with Gasteiger partial charge in [0.15, 0.2) is 11.5 Å². The van der Waals surface area contributed by atoms with E-state index in [4.69, 9.17) is 9.26 Å². The Morgan fingerprint density at radius 3 is 2.62 bits per heavy atom. The Balaban J connectivity index is 1.06. The number of ether oxygens (including phenoxy) is 1. The Morgan fingerprint density at radius 2 is 1.86 bits per heavy atom. The van der Waals surface area contributed by atoms with Gasteiger partial charge in [-0.05, 0) is 71.2 Å². The summed E-state index contributed by atoms with van der Waals surface area (Å²) in [7, 11) is 2.20.